The van der Waals surface area contributed by atoms with Crippen molar-refractivity contribution in [1.82, 2.24) is 19.9 Å². The lowest BCUT2D eigenvalue weighted by atomic mass is 10.1. The molecule has 0 bridgehead atoms. The molecular weight excluding hydrogens is 396 g/mol. The van der Waals surface area contributed by atoms with Gasteiger partial charge in [-0.05, 0) is 42.0 Å². The number of H-pyrrole nitrogens is 1. The summed E-state index contributed by atoms with van der Waals surface area (Å²) in [5, 5.41) is 2.83. The second kappa shape index (κ2) is 7.84. The fraction of sp³-hybridized carbons (Fsp3) is 0.0500. The molecule has 0 fully saturated rings. The van der Waals surface area contributed by atoms with Crippen molar-refractivity contribution in [2.24, 2.45) is 0 Å². The summed E-state index contributed by atoms with van der Waals surface area (Å²) in [5.41, 5.74) is 2.98. The van der Waals surface area contributed by atoms with Crippen molar-refractivity contribution < 1.29 is 4.79 Å². The van der Waals surface area contributed by atoms with Crippen LogP contribution in [-0.4, -0.2) is 20.4 Å². The van der Waals surface area contributed by atoms with Crippen molar-refractivity contribution in [1.29, 1.82) is 0 Å². The molecule has 0 saturated heterocycles. The van der Waals surface area contributed by atoms with E-state index in [-0.39, 0.29) is 11.5 Å². The van der Waals surface area contributed by atoms with Gasteiger partial charge in [-0.3, -0.25) is 9.59 Å². The highest BCUT2D eigenvalue weighted by Gasteiger charge is 2.09. The minimum Gasteiger partial charge on any atom is -0.346 e. The van der Waals surface area contributed by atoms with E-state index in [4.69, 9.17) is 11.6 Å². The summed E-state index contributed by atoms with van der Waals surface area (Å²) >= 11 is 7.09. The Balaban J connectivity index is 1.45. The van der Waals surface area contributed by atoms with Gasteiger partial charge in [0, 0.05) is 23.6 Å². The van der Waals surface area contributed by atoms with E-state index in [9.17, 15) is 9.59 Å². The van der Waals surface area contributed by atoms with Crippen LogP contribution in [0, 0.1) is 0 Å². The van der Waals surface area contributed by atoms with E-state index >= 15 is 0 Å². The van der Waals surface area contributed by atoms with Crippen LogP contribution >= 0.6 is 22.9 Å². The number of aromatic nitrogens is 3. The average molecular weight is 411 g/mol. The number of carbonyl (C=O) groups is 1. The zero-order valence-corrected chi connectivity index (χ0v) is 16.1. The maximum atomic E-state index is 12.1. The van der Waals surface area contributed by atoms with Crippen molar-refractivity contribution in [3.8, 4) is 16.8 Å². The Morgan fingerprint density at radius 1 is 1.18 bits per heavy atom. The number of hydrogen-bond acceptors (Lipinski definition) is 4. The number of rotatable bonds is 5. The number of carbonyl (C=O) groups excluding carboxylic acids is 1. The van der Waals surface area contributed by atoms with Crippen LogP contribution < -0.4 is 10.9 Å². The minimum absolute atomic E-state index is 0.122. The van der Waals surface area contributed by atoms with Gasteiger partial charge < -0.3 is 14.9 Å². The number of imidazole rings is 1. The Bertz CT molecular complexity index is 1180. The molecule has 4 rings (SSSR count). The van der Waals surface area contributed by atoms with E-state index in [1.54, 1.807) is 36.8 Å². The quantitative estimate of drug-likeness (QED) is 0.524. The Morgan fingerprint density at radius 3 is 2.71 bits per heavy atom. The Hall–Kier alpha value is -3.16. The van der Waals surface area contributed by atoms with Gasteiger partial charge in [0.2, 0.25) is 0 Å². The van der Waals surface area contributed by atoms with Crippen molar-refractivity contribution in [2.45, 2.75) is 6.54 Å². The van der Waals surface area contributed by atoms with Crippen LogP contribution in [-0.2, 0) is 6.54 Å². The number of hydrogen-bond donors (Lipinski definition) is 2. The lowest BCUT2D eigenvalue weighted by Gasteiger charge is -2.04. The first-order valence-electron chi connectivity index (χ1n) is 8.45. The standard InChI is InChI=1S/C20H15ClN4O2S/c21-18-8-7-17(28-18)20(27)23-10-14-11-25(12-24-14)15-5-3-13(4-6-15)16-2-1-9-22-19(16)26/h1-9,11-12H,10H2,(H,22,26)(H,23,27). The van der Waals surface area contributed by atoms with Crippen LogP contribution in [0.2, 0.25) is 4.34 Å². The third-order valence-electron chi connectivity index (χ3n) is 4.16. The number of pyridine rings is 1. The number of thiophene rings is 1. The molecule has 0 radical (unpaired) electrons. The van der Waals surface area contributed by atoms with Crippen LogP contribution in [0.4, 0.5) is 0 Å². The lowest BCUT2D eigenvalue weighted by Crippen LogP contribution is -2.21. The van der Waals surface area contributed by atoms with E-state index in [0.29, 0.717) is 21.3 Å². The average Bonchev–Trinajstić information content (AvgIpc) is 3.36. The smallest absolute Gasteiger partial charge is 0.261 e. The van der Waals surface area contributed by atoms with E-state index in [1.807, 2.05) is 35.0 Å². The number of aromatic amines is 1. The predicted octanol–water partition coefficient (Wildman–Crippen LogP) is 3.87. The summed E-state index contributed by atoms with van der Waals surface area (Å²) in [7, 11) is 0. The molecule has 3 aromatic heterocycles. The molecule has 0 aliphatic rings. The van der Waals surface area contributed by atoms with E-state index in [1.165, 1.54) is 11.3 Å². The fourth-order valence-electron chi connectivity index (χ4n) is 2.75. The number of nitrogens with zero attached hydrogens (tertiary/aromatic N) is 2. The highest BCUT2D eigenvalue weighted by molar-refractivity contribution is 7.17. The van der Waals surface area contributed by atoms with E-state index in [0.717, 1.165) is 16.9 Å². The molecule has 0 spiro atoms. The SMILES string of the molecule is O=C(NCc1cn(-c2ccc(-c3ccc[nH]c3=O)cc2)cn1)c1ccc(Cl)s1. The monoisotopic (exact) mass is 410 g/mol. The normalized spacial score (nSPS) is 10.8. The maximum absolute atomic E-state index is 12.1. The number of halogens is 1. The van der Waals surface area contributed by atoms with E-state index < -0.39 is 0 Å². The molecule has 140 valence electrons. The molecule has 1 amide bonds. The van der Waals surface area contributed by atoms with E-state index in [2.05, 4.69) is 15.3 Å². The summed E-state index contributed by atoms with van der Waals surface area (Å²) in [5.74, 6) is -0.177. The van der Waals surface area contributed by atoms with Gasteiger partial charge in [0.1, 0.15) is 0 Å². The molecule has 0 aliphatic heterocycles. The molecule has 0 atom stereocenters. The third kappa shape index (κ3) is 3.90. The largest absolute Gasteiger partial charge is 0.346 e. The first-order chi connectivity index (χ1) is 13.6. The summed E-state index contributed by atoms with van der Waals surface area (Å²) in [6.07, 6.45) is 5.15. The molecule has 6 nitrogen and oxygen atoms in total. The topological polar surface area (TPSA) is 79.8 Å². The zero-order chi connectivity index (χ0) is 19.5. The molecule has 3 heterocycles. The van der Waals surface area contributed by atoms with Crippen LogP contribution in [0.25, 0.3) is 16.8 Å². The van der Waals surface area contributed by atoms with Gasteiger partial charge in [-0.2, -0.15) is 0 Å². The van der Waals surface area contributed by atoms with Gasteiger partial charge >= 0.3 is 0 Å². The fourth-order valence-corrected chi connectivity index (χ4v) is 3.71. The van der Waals surface area contributed by atoms with Gasteiger partial charge in [0.05, 0.1) is 27.8 Å². The summed E-state index contributed by atoms with van der Waals surface area (Å²) in [6, 6.07) is 14.6. The number of benzene rings is 1. The van der Waals surface area contributed by atoms with Gasteiger partial charge in [-0.1, -0.05) is 23.7 Å². The van der Waals surface area contributed by atoms with Crippen molar-refractivity contribution in [3.05, 3.63) is 92.5 Å². The molecule has 0 unspecified atom stereocenters. The number of amides is 1. The van der Waals surface area contributed by atoms with Gasteiger partial charge in [0.25, 0.3) is 11.5 Å². The Morgan fingerprint density at radius 2 is 2.00 bits per heavy atom. The molecule has 28 heavy (non-hydrogen) atoms. The van der Waals surface area contributed by atoms with Crippen LogP contribution in [0.5, 0.6) is 0 Å². The first kappa shape index (κ1) is 18.2. The molecule has 0 aliphatic carbocycles. The van der Waals surface area contributed by atoms with Gasteiger partial charge in [-0.25, -0.2) is 4.98 Å². The lowest BCUT2D eigenvalue weighted by molar-refractivity contribution is 0.0954. The van der Waals surface area contributed by atoms with Crippen molar-refractivity contribution >= 4 is 28.8 Å². The molecule has 1 aromatic carbocycles. The highest BCUT2D eigenvalue weighted by atomic mass is 35.5. The number of nitrogens with one attached hydrogen (secondary N) is 2. The van der Waals surface area contributed by atoms with Crippen LogP contribution in [0.1, 0.15) is 15.4 Å². The minimum atomic E-state index is -0.177. The molecule has 4 aromatic rings. The summed E-state index contributed by atoms with van der Waals surface area (Å²) in [4.78, 5) is 31.5. The zero-order valence-electron chi connectivity index (χ0n) is 14.6. The summed E-state index contributed by atoms with van der Waals surface area (Å²) in [6.45, 7) is 0.318. The molecule has 0 saturated carbocycles. The second-order valence-corrected chi connectivity index (χ2v) is 7.73. The molecular formula is C20H15ClN4O2S. The van der Waals surface area contributed by atoms with Gasteiger partial charge in [-0.15, -0.1) is 11.3 Å². The Kier molecular flexibility index (Phi) is 5.10. The third-order valence-corrected chi connectivity index (χ3v) is 5.39. The van der Waals surface area contributed by atoms with Crippen molar-refractivity contribution in [2.75, 3.05) is 0 Å². The Labute approximate surface area is 169 Å². The highest BCUT2D eigenvalue weighted by Crippen LogP contribution is 2.21. The van der Waals surface area contributed by atoms with Crippen molar-refractivity contribution in [3.63, 3.8) is 0 Å². The van der Waals surface area contributed by atoms with Crippen LogP contribution in [0.3, 0.4) is 0 Å². The van der Waals surface area contributed by atoms with Gasteiger partial charge in [0.15, 0.2) is 0 Å². The molecule has 2 N–H and O–H groups in total. The van der Waals surface area contributed by atoms with Crippen LogP contribution in [0.15, 0.2) is 72.0 Å². The maximum Gasteiger partial charge on any atom is 0.261 e. The molecule has 8 heteroatoms. The second-order valence-electron chi connectivity index (χ2n) is 6.02. The predicted molar refractivity (Wildman–Crippen MR) is 110 cm³/mol. The summed E-state index contributed by atoms with van der Waals surface area (Å²) < 4.78 is 2.44. The first-order valence-corrected chi connectivity index (χ1v) is 9.64.